The van der Waals surface area contributed by atoms with E-state index >= 15 is 0 Å². The summed E-state index contributed by atoms with van der Waals surface area (Å²) < 4.78 is 0.929. The number of carbonyl (C=O) groups excluding carboxylic acids is 2. The highest BCUT2D eigenvalue weighted by Crippen LogP contribution is 2.55. The van der Waals surface area contributed by atoms with Gasteiger partial charge in [-0.25, -0.2) is 0 Å². The third-order valence-corrected chi connectivity index (χ3v) is 6.03. The summed E-state index contributed by atoms with van der Waals surface area (Å²) in [5, 5.41) is 10.7. The van der Waals surface area contributed by atoms with Crippen molar-refractivity contribution in [2.75, 3.05) is 0 Å². The smallest absolute Gasteiger partial charge is 0.262 e. The van der Waals surface area contributed by atoms with Crippen molar-refractivity contribution in [1.82, 2.24) is 4.90 Å². The Hall–Kier alpha value is -1.98. The number of aliphatic hydroxyl groups is 1. The zero-order valence-electron chi connectivity index (χ0n) is 13.8. The molecule has 0 spiro atoms. The van der Waals surface area contributed by atoms with Gasteiger partial charge in [-0.1, -0.05) is 47.1 Å². The summed E-state index contributed by atoms with van der Waals surface area (Å²) in [6.07, 6.45) is 1.32. The van der Waals surface area contributed by atoms with E-state index in [0.717, 1.165) is 10.0 Å². The van der Waals surface area contributed by atoms with Crippen LogP contribution in [0.4, 0.5) is 0 Å². The fourth-order valence-electron chi connectivity index (χ4n) is 4.12. The lowest BCUT2D eigenvalue weighted by molar-refractivity contribution is -0.132. The van der Waals surface area contributed by atoms with Crippen LogP contribution in [0.5, 0.6) is 0 Å². The van der Waals surface area contributed by atoms with Gasteiger partial charge in [0.25, 0.3) is 11.8 Å². The van der Waals surface area contributed by atoms with Crippen LogP contribution < -0.4 is 0 Å². The molecule has 1 aliphatic heterocycles. The molecule has 4 nitrogen and oxygen atoms in total. The predicted molar refractivity (Wildman–Crippen MR) is 97.2 cm³/mol. The van der Waals surface area contributed by atoms with Gasteiger partial charge in [0, 0.05) is 17.3 Å². The zero-order chi connectivity index (χ0) is 17.8. The van der Waals surface area contributed by atoms with E-state index in [9.17, 15) is 14.7 Å². The minimum atomic E-state index is -0.845. The molecule has 128 valence electrons. The van der Waals surface area contributed by atoms with Gasteiger partial charge in [-0.3, -0.25) is 14.5 Å². The molecular weight excluding hydrogens is 382 g/mol. The highest BCUT2D eigenvalue weighted by molar-refractivity contribution is 9.10. The van der Waals surface area contributed by atoms with E-state index in [-0.39, 0.29) is 11.8 Å². The number of hydrogen-bond acceptors (Lipinski definition) is 3. The van der Waals surface area contributed by atoms with E-state index < -0.39 is 11.1 Å². The molecule has 0 atom stereocenters. The first-order valence-electron chi connectivity index (χ1n) is 8.37. The number of nitrogens with zero attached hydrogens (tertiary/aromatic N) is 1. The van der Waals surface area contributed by atoms with Crippen LogP contribution in [0, 0.1) is 0 Å². The van der Waals surface area contributed by atoms with Crippen molar-refractivity contribution in [2.45, 2.75) is 37.3 Å². The molecular formula is C20H18BrNO3. The number of hydrogen-bond donors (Lipinski definition) is 1. The van der Waals surface area contributed by atoms with Gasteiger partial charge in [0.1, 0.15) is 0 Å². The van der Waals surface area contributed by atoms with Gasteiger partial charge in [-0.15, -0.1) is 0 Å². The van der Waals surface area contributed by atoms with Crippen molar-refractivity contribution in [2.24, 2.45) is 0 Å². The maximum atomic E-state index is 13.0. The van der Waals surface area contributed by atoms with Gasteiger partial charge in [0.15, 0.2) is 0 Å². The average molecular weight is 400 g/mol. The second-order valence-electron chi connectivity index (χ2n) is 6.96. The van der Waals surface area contributed by atoms with E-state index in [2.05, 4.69) is 15.9 Å². The van der Waals surface area contributed by atoms with Gasteiger partial charge in [0.05, 0.1) is 22.3 Å². The third kappa shape index (κ3) is 2.29. The number of benzene rings is 2. The molecule has 25 heavy (non-hydrogen) atoms. The molecule has 1 aliphatic carbocycles. The van der Waals surface area contributed by atoms with Crippen molar-refractivity contribution < 1.29 is 14.7 Å². The fourth-order valence-corrected chi connectivity index (χ4v) is 4.38. The predicted octanol–water partition coefficient (Wildman–Crippen LogP) is 3.88. The SMILES string of the molecule is CC[C@]1(O)C[C@@](c2ccc(Br)cc2)(N2C(=O)c3ccccc3C2=O)C1. The zero-order valence-corrected chi connectivity index (χ0v) is 15.4. The summed E-state index contributed by atoms with van der Waals surface area (Å²) in [6, 6.07) is 14.6. The van der Waals surface area contributed by atoms with Gasteiger partial charge in [-0.2, -0.15) is 0 Å². The lowest BCUT2D eigenvalue weighted by Crippen LogP contribution is -2.64. The number of rotatable bonds is 3. The Balaban J connectivity index is 1.82. The second-order valence-corrected chi connectivity index (χ2v) is 7.88. The number of carbonyl (C=O) groups is 2. The van der Waals surface area contributed by atoms with Crippen LogP contribution in [0.25, 0.3) is 0 Å². The van der Waals surface area contributed by atoms with E-state index in [1.54, 1.807) is 24.3 Å². The van der Waals surface area contributed by atoms with Crippen LogP contribution >= 0.6 is 15.9 Å². The molecule has 1 saturated carbocycles. The summed E-state index contributed by atoms with van der Waals surface area (Å²) in [6.45, 7) is 1.92. The quantitative estimate of drug-likeness (QED) is 0.796. The first kappa shape index (κ1) is 16.5. The number of fused-ring (bicyclic) bond motifs is 1. The third-order valence-electron chi connectivity index (χ3n) is 5.50. The van der Waals surface area contributed by atoms with E-state index in [1.807, 2.05) is 31.2 Å². The van der Waals surface area contributed by atoms with Crippen LogP contribution in [0.1, 0.15) is 52.5 Å². The Labute approximate surface area is 154 Å². The van der Waals surface area contributed by atoms with Crippen molar-refractivity contribution in [3.8, 4) is 0 Å². The van der Waals surface area contributed by atoms with Crippen LogP contribution in [0.15, 0.2) is 53.0 Å². The molecule has 2 aromatic carbocycles. The van der Waals surface area contributed by atoms with Crippen LogP contribution in [-0.2, 0) is 5.54 Å². The van der Waals surface area contributed by atoms with Crippen molar-refractivity contribution >= 4 is 27.7 Å². The first-order chi connectivity index (χ1) is 11.9. The molecule has 1 fully saturated rings. The maximum Gasteiger partial charge on any atom is 0.262 e. The maximum absolute atomic E-state index is 13.0. The molecule has 0 radical (unpaired) electrons. The average Bonchev–Trinajstić information content (AvgIpc) is 2.85. The Morgan fingerprint density at radius 2 is 1.52 bits per heavy atom. The molecule has 0 unspecified atom stereocenters. The highest BCUT2D eigenvalue weighted by Gasteiger charge is 2.61. The monoisotopic (exact) mass is 399 g/mol. The Kier molecular flexibility index (Phi) is 3.63. The van der Waals surface area contributed by atoms with Crippen molar-refractivity contribution in [3.63, 3.8) is 0 Å². The normalized spacial score (nSPS) is 28.0. The van der Waals surface area contributed by atoms with Gasteiger partial charge in [0.2, 0.25) is 0 Å². The molecule has 4 rings (SSSR count). The molecule has 1 heterocycles. The first-order valence-corrected chi connectivity index (χ1v) is 9.16. The minimum Gasteiger partial charge on any atom is -0.390 e. The summed E-state index contributed by atoms with van der Waals surface area (Å²) in [4.78, 5) is 27.4. The fraction of sp³-hybridized carbons (Fsp3) is 0.300. The molecule has 0 aromatic heterocycles. The van der Waals surface area contributed by atoms with Crippen LogP contribution in [0.2, 0.25) is 0 Å². The summed E-state index contributed by atoms with van der Waals surface area (Å²) in [5.41, 5.74) is 0.122. The van der Waals surface area contributed by atoms with Crippen LogP contribution in [0.3, 0.4) is 0 Å². The molecule has 5 heteroatoms. The standard InChI is InChI=1S/C20H18BrNO3/c1-2-19(25)11-20(12-19,13-7-9-14(21)10-8-13)22-17(23)15-5-3-4-6-16(15)18(22)24/h3-10,25H,2,11-12H2,1H3/t19-,20+. The Morgan fingerprint density at radius 3 is 2.00 bits per heavy atom. The molecule has 0 saturated heterocycles. The molecule has 2 aromatic rings. The van der Waals surface area contributed by atoms with E-state index in [0.29, 0.717) is 30.4 Å². The number of amides is 2. The lowest BCUT2D eigenvalue weighted by Gasteiger charge is -2.56. The van der Waals surface area contributed by atoms with Crippen LogP contribution in [-0.4, -0.2) is 27.4 Å². The van der Waals surface area contributed by atoms with Crippen molar-refractivity contribution in [3.05, 3.63) is 69.7 Å². The topological polar surface area (TPSA) is 57.6 Å². The minimum absolute atomic E-state index is 0.276. The molecule has 1 N–H and O–H groups in total. The lowest BCUT2D eigenvalue weighted by atomic mass is 9.60. The highest BCUT2D eigenvalue weighted by atomic mass is 79.9. The molecule has 2 amide bonds. The number of halogens is 1. The largest absolute Gasteiger partial charge is 0.390 e. The molecule has 0 bridgehead atoms. The Bertz CT molecular complexity index is 834. The number of imide groups is 1. The van der Waals surface area contributed by atoms with Crippen molar-refractivity contribution in [1.29, 1.82) is 0 Å². The van der Waals surface area contributed by atoms with E-state index in [1.165, 1.54) is 4.90 Å². The van der Waals surface area contributed by atoms with Gasteiger partial charge >= 0.3 is 0 Å². The summed E-state index contributed by atoms with van der Waals surface area (Å²) in [7, 11) is 0. The van der Waals surface area contributed by atoms with E-state index in [4.69, 9.17) is 0 Å². The van der Waals surface area contributed by atoms with Gasteiger partial charge in [-0.05, 0) is 36.2 Å². The molecule has 2 aliphatic rings. The van der Waals surface area contributed by atoms with Gasteiger partial charge < -0.3 is 5.11 Å². The second kappa shape index (κ2) is 5.51. The summed E-state index contributed by atoms with van der Waals surface area (Å²) in [5.74, 6) is -0.552. The summed E-state index contributed by atoms with van der Waals surface area (Å²) >= 11 is 3.42. The Morgan fingerprint density at radius 1 is 1.00 bits per heavy atom.